The van der Waals surface area contributed by atoms with Crippen molar-refractivity contribution in [2.24, 2.45) is 34.6 Å². The number of carbonyl (C=O) groups is 11. The molecule has 32 nitrogen and oxygen atoms in total. The Labute approximate surface area is 528 Å². The van der Waals surface area contributed by atoms with Crippen molar-refractivity contribution in [2.75, 3.05) is 52.5 Å². The number of halogens is 2. The third kappa shape index (κ3) is 26.3. The van der Waals surface area contributed by atoms with Crippen LogP contribution < -0.4 is 87.2 Å². The first-order valence-electron chi connectivity index (χ1n) is 30.5. The zero-order valence-corrected chi connectivity index (χ0v) is 53.4. The molecule has 23 N–H and O–H groups in total. The van der Waals surface area contributed by atoms with Crippen molar-refractivity contribution in [3.8, 4) is 0 Å². The van der Waals surface area contributed by atoms with Crippen molar-refractivity contribution in [2.45, 2.75) is 190 Å². The van der Waals surface area contributed by atoms with E-state index in [4.69, 9.17) is 37.7 Å². The highest BCUT2D eigenvalue weighted by Crippen LogP contribution is 2.62. The van der Waals surface area contributed by atoms with E-state index >= 15 is 8.78 Å². The normalized spacial score (nSPS) is 22.7. The van der Waals surface area contributed by atoms with Crippen molar-refractivity contribution in [3.05, 3.63) is 35.9 Å². The van der Waals surface area contributed by atoms with Gasteiger partial charge in [0.25, 0.3) is 0 Å². The van der Waals surface area contributed by atoms with Gasteiger partial charge in [0.1, 0.15) is 60.4 Å². The van der Waals surface area contributed by atoms with Gasteiger partial charge in [-0.15, -0.1) is 0 Å². The van der Waals surface area contributed by atoms with Gasteiger partial charge in [-0.2, -0.15) is 8.78 Å². The van der Waals surface area contributed by atoms with E-state index in [2.05, 4.69) is 53.2 Å². The minimum Gasteiger partial charge on any atom is -0.391 e. The molecule has 0 aliphatic carbocycles. The van der Waals surface area contributed by atoms with Gasteiger partial charge >= 0.3 is 19.2 Å². The van der Waals surface area contributed by atoms with E-state index in [1.807, 2.05) is 0 Å². The SMILES string of the molecule is CCCCOP(=O)(OCCC)C(F)(F)C(=O)N[C@@H](CCN)C(=O)N[C@H](C(=O)N[C@@H](CCN)C(=O)N[C@H]1CCNC(=O)[C@H](C(C)O)NC(=O)[C@H](CCN)NC(=O)[C@H](CCN)NC(=O)[C@H](CC(C)C)NC(=O)[C@@H](Cc2ccccc2)NC(=O)[C@H](CCN)NC1=O)C(C)O. The first-order chi connectivity index (χ1) is 43.0. The topological polar surface area (TPSA) is 526 Å². The maximum atomic E-state index is 15.7. The molecule has 1 aromatic rings. The summed E-state index contributed by atoms with van der Waals surface area (Å²) in [7, 11) is -5.51. The fourth-order valence-corrected chi connectivity index (χ4v) is 10.5. The average Bonchev–Trinajstić information content (AvgIpc) is 1.08. The molecule has 3 unspecified atom stereocenters. The quantitative estimate of drug-likeness (QED) is 0.0238. The predicted octanol–water partition coefficient (Wildman–Crippen LogP) is -4.82. The van der Waals surface area contributed by atoms with Gasteiger partial charge in [-0.05, 0) is 116 Å². The lowest BCUT2D eigenvalue weighted by Crippen LogP contribution is -2.62. The smallest absolute Gasteiger partial charge is 0.391 e. The van der Waals surface area contributed by atoms with Crippen molar-refractivity contribution in [1.82, 2.24) is 58.5 Å². The number of nitrogens with two attached hydrogens (primary N) is 5. The summed E-state index contributed by atoms with van der Waals surface area (Å²) in [5.41, 5.74) is 24.8. The van der Waals surface area contributed by atoms with Gasteiger partial charge in [-0.25, -0.2) is 0 Å². The summed E-state index contributed by atoms with van der Waals surface area (Å²) >= 11 is 0. The molecular weight excluding hydrogens is 1220 g/mol. The second-order valence-electron chi connectivity index (χ2n) is 22.3. The fourth-order valence-electron chi connectivity index (χ4n) is 8.98. The molecule has 11 amide bonds. The molecule has 91 heavy (non-hydrogen) atoms. The van der Waals surface area contributed by atoms with Crippen LogP contribution in [0.5, 0.6) is 0 Å². The van der Waals surface area contributed by atoms with Crippen LogP contribution in [0.4, 0.5) is 8.78 Å². The molecule has 516 valence electrons. The van der Waals surface area contributed by atoms with E-state index in [0.717, 1.165) is 13.8 Å². The molecule has 2 rings (SSSR count). The molecule has 0 spiro atoms. The summed E-state index contributed by atoms with van der Waals surface area (Å²) in [6.07, 6.45) is -5.05. The van der Waals surface area contributed by atoms with Crippen molar-refractivity contribution in [1.29, 1.82) is 0 Å². The molecular formula is C56H97F2N16O16P. The zero-order valence-electron chi connectivity index (χ0n) is 52.5. The molecule has 1 aliphatic rings. The first kappa shape index (κ1) is 80.2. The largest absolute Gasteiger partial charge is 0.421 e. The molecule has 1 saturated heterocycles. The highest BCUT2D eigenvalue weighted by Gasteiger charge is 2.60. The number of hydrogen-bond donors (Lipinski definition) is 18. The number of carbonyl (C=O) groups excluding carboxylic acids is 11. The van der Waals surface area contributed by atoms with Crippen LogP contribution in [0.15, 0.2) is 30.3 Å². The van der Waals surface area contributed by atoms with Gasteiger partial charge in [0.05, 0.1) is 25.4 Å². The predicted molar refractivity (Wildman–Crippen MR) is 328 cm³/mol. The summed E-state index contributed by atoms with van der Waals surface area (Å²) in [4.78, 5) is 154. The van der Waals surface area contributed by atoms with Gasteiger partial charge in [-0.3, -0.25) is 57.3 Å². The highest BCUT2D eigenvalue weighted by atomic mass is 31.2. The molecule has 1 heterocycles. The van der Waals surface area contributed by atoms with Crippen LogP contribution in [-0.4, -0.2) is 206 Å². The maximum Gasteiger partial charge on any atom is 0.421 e. The number of hydrogen-bond acceptors (Lipinski definition) is 21. The molecule has 0 saturated carbocycles. The van der Waals surface area contributed by atoms with Crippen LogP contribution in [0.25, 0.3) is 0 Å². The van der Waals surface area contributed by atoms with Crippen molar-refractivity contribution in [3.63, 3.8) is 0 Å². The number of aliphatic hydroxyl groups is 2. The molecule has 0 bridgehead atoms. The summed E-state index contributed by atoms with van der Waals surface area (Å²) in [6.45, 7) is 6.10. The highest BCUT2D eigenvalue weighted by molar-refractivity contribution is 7.56. The zero-order chi connectivity index (χ0) is 68.6. The van der Waals surface area contributed by atoms with Crippen molar-refractivity contribution >= 4 is 72.6 Å². The summed E-state index contributed by atoms with van der Waals surface area (Å²) in [5.74, 6) is -13.1. The van der Waals surface area contributed by atoms with Crippen LogP contribution in [0.3, 0.4) is 0 Å². The van der Waals surface area contributed by atoms with Gasteiger partial charge in [0.2, 0.25) is 59.1 Å². The Balaban J connectivity index is 2.71. The lowest BCUT2D eigenvalue weighted by atomic mass is 10.00. The van der Waals surface area contributed by atoms with Crippen LogP contribution in [-0.2, 0) is 72.8 Å². The fraction of sp³-hybridized carbons (Fsp3) is 0.696. The lowest BCUT2D eigenvalue weighted by molar-refractivity contribution is -0.142. The molecule has 13 atom stereocenters. The first-order valence-corrected chi connectivity index (χ1v) is 32.0. The Morgan fingerprint density at radius 1 is 0.615 bits per heavy atom. The van der Waals surface area contributed by atoms with Crippen LogP contribution in [0.2, 0.25) is 0 Å². The summed E-state index contributed by atoms with van der Waals surface area (Å²) < 4.78 is 54.7. The van der Waals surface area contributed by atoms with E-state index < -0.39 is 196 Å². The number of aliphatic hydroxyl groups excluding tert-OH is 2. The van der Waals surface area contributed by atoms with Gasteiger partial charge in [0, 0.05) is 13.0 Å². The second kappa shape index (κ2) is 40.9. The number of alkyl halides is 2. The number of benzene rings is 1. The average molecular weight is 1320 g/mol. The number of nitrogens with one attached hydrogen (secondary N) is 11. The van der Waals surface area contributed by atoms with E-state index in [1.165, 1.54) is 6.92 Å². The molecule has 1 aromatic carbocycles. The number of rotatable bonds is 32. The minimum atomic E-state index is -5.51. The van der Waals surface area contributed by atoms with Crippen LogP contribution >= 0.6 is 7.60 Å². The van der Waals surface area contributed by atoms with Gasteiger partial charge in [0.15, 0.2) is 0 Å². The molecule has 0 radical (unpaired) electrons. The Bertz CT molecular complexity index is 2600. The Hall–Kier alpha value is -6.88. The number of amides is 11. The monoisotopic (exact) mass is 1320 g/mol. The molecule has 1 fully saturated rings. The van der Waals surface area contributed by atoms with E-state index in [0.29, 0.717) is 12.0 Å². The number of unbranched alkanes of at least 4 members (excludes halogenated alkanes) is 1. The van der Waals surface area contributed by atoms with E-state index in [-0.39, 0.29) is 77.0 Å². The van der Waals surface area contributed by atoms with E-state index in [1.54, 1.807) is 56.4 Å². The van der Waals surface area contributed by atoms with Gasteiger partial charge in [-0.1, -0.05) is 64.4 Å². The van der Waals surface area contributed by atoms with Crippen LogP contribution in [0.1, 0.15) is 111 Å². The Morgan fingerprint density at radius 3 is 1.59 bits per heavy atom. The van der Waals surface area contributed by atoms with Crippen LogP contribution in [0, 0.1) is 5.92 Å². The van der Waals surface area contributed by atoms with Gasteiger partial charge < -0.3 is 106 Å². The Morgan fingerprint density at radius 2 is 1.10 bits per heavy atom. The van der Waals surface area contributed by atoms with Crippen molar-refractivity contribution < 1.29 is 85.3 Å². The third-order valence-electron chi connectivity index (χ3n) is 14.0. The minimum absolute atomic E-state index is 0.00888. The molecule has 0 aromatic heterocycles. The van der Waals surface area contributed by atoms with E-state index in [9.17, 15) is 67.5 Å². The standard InChI is InChI=1S/C56H97F2N16O16P/c1-7-9-28-90-91(88,89-27-8-2)56(57,58)55(87)72-39(19-25-63)50(82)74-44(33(6)76)54(86)69-37(17-23-61)46(78)68-40-20-26-64-53(85)43(32(5)75)73-49(81)38(18-24-62)66-45(77)35(15-21-59)67-51(83)41(29-31(3)4)70-52(84)42(30-34-13-11-10-12-14-34)71-47(79)36(16-22-60)65-48(40)80/h10-14,31-33,35-44,75-76H,7-9,15-30,59-63H2,1-6H3,(H,64,85)(H,65,80)(H,66,77)(H,67,83)(H,68,78)(H,69,86)(H,70,84)(H,71,79)(H,72,87)(H,73,81)(H,74,82)/t32?,33?,35-,36-,37-,38-,39-,40-,41-,42+,43-,44-,91?/m0/s1. The summed E-state index contributed by atoms with van der Waals surface area (Å²) in [5, 5.41) is 48.0. The summed E-state index contributed by atoms with van der Waals surface area (Å²) in [6, 6.07) is -8.08. The molecule has 35 heteroatoms. The maximum absolute atomic E-state index is 15.7. The molecule has 1 aliphatic heterocycles. The Kier molecular flexibility index (Phi) is 36.0. The third-order valence-corrected chi connectivity index (χ3v) is 16.0. The lowest BCUT2D eigenvalue weighted by Gasteiger charge is -2.29. The second-order valence-corrected chi connectivity index (χ2v) is 24.3.